The maximum absolute atomic E-state index is 14.4. The molecule has 1 aliphatic carbocycles. The highest BCUT2D eigenvalue weighted by Gasteiger charge is 2.24. The maximum Gasteiger partial charge on any atom is 0.319 e. The van der Waals surface area contributed by atoms with Gasteiger partial charge in [-0.2, -0.15) is 0 Å². The van der Waals surface area contributed by atoms with Crippen molar-refractivity contribution in [2.45, 2.75) is 25.8 Å². The molecule has 1 fully saturated rings. The Morgan fingerprint density at radius 1 is 1.21 bits per heavy atom. The lowest BCUT2D eigenvalue weighted by atomic mass is 9.99. The molecule has 2 aromatic heterocycles. The predicted molar refractivity (Wildman–Crippen MR) is 112 cm³/mol. The molecule has 1 saturated carbocycles. The summed E-state index contributed by atoms with van der Waals surface area (Å²) in [5.41, 5.74) is 2.14. The SMILES string of the molecule is CNc1cc2c(cn1)cc(-c1cc(NC(=O)NC3CC3)c(F)cc1C)c(=O)n2C. The summed E-state index contributed by atoms with van der Waals surface area (Å²) in [4.78, 5) is 29.4. The summed E-state index contributed by atoms with van der Waals surface area (Å²) < 4.78 is 16.0. The number of carbonyl (C=O) groups excluding carboxylic acids is 1. The van der Waals surface area contributed by atoms with Crippen LogP contribution in [0.4, 0.5) is 20.7 Å². The van der Waals surface area contributed by atoms with Gasteiger partial charge in [0.2, 0.25) is 0 Å². The smallest absolute Gasteiger partial charge is 0.319 e. The van der Waals surface area contributed by atoms with E-state index in [2.05, 4.69) is 20.9 Å². The number of rotatable bonds is 4. The van der Waals surface area contributed by atoms with E-state index in [9.17, 15) is 14.0 Å². The Morgan fingerprint density at radius 3 is 2.66 bits per heavy atom. The van der Waals surface area contributed by atoms with Gasteiger partial charge in [0.1, 0.15) is 11.6 Å². The van der Waals surface area contributed by atoms with Gasteiger partial charge in [0.25, 0.3) is 5.56 Å². The van der Waals surface area contributed by atoms with Crippen LogP contribution in [-0.2, 0) is 7.05 Å². The Balaban J connectivity index is 1.80. The first-order valence-electron chi connectivity index (χ1n) is 9.43. The number of hydrogen-bond donors (Lipinski definition) is 3. The largest absolute Gasteiger partial charge is 0.373 e. The second kappa shape index (κ2) is 7.20. The van der Waals surface area contributed by atoms with Crippen molar-refractivity contribution in [3.8, 4) is 11.1 Å². The van der Waals surface area contributed by atoms with E-state index in [1.54, 1.807) is 43.9 Å². The van der Waals surface area contributed by atoms with Crippen LogP contribution in [0.1, 0.15) is 18.4 Å². The molecule has 2 heterocycles. The summed E-state index contributed by atoms with van der Waals surface area (Å²) in [7, 11) is 3.45. The number of urea groups is 1. The normalized spacial score (nSPS) is 13.4. The molecule has 1 aromatic carbocycles. The van der Waals surface area contributed by atoms with Gasteiger partial charge in [-0.25, -0.2) is 14.2 Å². The van der Waals surface area contributed by atoms with E-state index >= 15 is 0 Å². The minimum absolute atomic E-state index is 0.0366. The van der Waals surface area contributed by atoms with E-state index in [0.29, 0.717) is 22.5 Å². The lowest BCUT2D eigenvalue weighted by Crippen LogP contribution is -2.30. The van der Waals surface area contributed by atoms with E-state index in [4.69, 9.17) is 0 Å². The highest BCUT2D eigenvalue weighted by Crippen LogP contribution is 2.29. The number of nitrogens with one attached hydrogen (secondary N) is 3. The molecule has 0 spiro atoms. The summed E-state index contributed by atoms with van der Waals surface area (Å²) in [6.07, 6.45) is 3.56. The highest BCUT2D eigenvalue weighted by molar-refractivity contribution is 5.92. The fourth-order valence-corrected chi connectivity index (χ4v) is 3.32. The number of halogens is 1. The Labute approximate surface area is 167 Å². The van der Waals surface area contributed by atoms with Crippen molar-refractivity contribution in [1.82, 2.24) is 14.9 Å². The number of pyridine rings is 2. The summed E-state index contributed by atoms with van der Waals surface area (Å²) in [6.45, 7) is 1.73. The van der Waals surface area contributed by atoms with Crippen molar-refractivity contribution in [1.29, 1.82) is 0 Å². The number of fused-ring (bicyclic) bond motifs is 1. The molecule has 7 nitrogen and oxygen atoms in total. The third kappa shape index (κ3) is 3.65. The molecule has 4 rings (SSSR count). The molecule has 1 aliphatic rings. The monoisotopic (exact) mass is 395 g/mol. The molecule has 3 N–H and O–H groups in total. The standard InChI is InChI=1S/C21H22FN5O2/c1-11-6-16(22)17(26-21(29)25-13-4-5-13)8-14(11)15-7-12-10-24-19(23-2)9-18(12)27(3)20(15)28/h6-10,13H,4-5H2,1-3H3,(H,23,24)(H2,25,26,29). The maximum atomic E-state index is 14.4. The molecule has 8 heteroatoms. The number of nitrogens with zero attached hydrogens (tertiary/aromatic N) is 2. The van der Waals surface area contributed by atoms with Crippen molar-refractivity contribution >= 4 is 28.4 Å². The van der Waals surface area contributed by atoms with Gasteiger partial charge in [-0.3, -0.25) is 4.79 Å². The molecule has 0 bridgehead atoms. The van der Waals surface area contributed by atoms with E-state index in [1.165, 1.54) is 12.1 Å². The van der Waals surface area contributed by atoms with Crippen molar-refractivity contribution in [3.63, 3.8) is 0 Å². The molecule has 0 unspecified atom stereocenters. The van der Waals surface area contributed by atoms with E-state index < -0.39 is 11.8 Å². The zero-order valence-electron chi connectivity index (χ0n) is 16.5. The van der Waals surface area contributed by atoms with E-state index in [1.807, 2.05) is 0 Å². The molecule has 2 amide bonds. The zero-order valence-corrected chi connectivity index (χ0v) is 16.5. The fraction of sp³-hybridized carbons (Fsp3) is 0.286. The summed E-state index contributed by atoms with van der Waals surface area (Å²) in [5, 5.41) is 9.05. The minimum atomic E-state index is -0.546. The molecular formula is C21H22FN5O2. The van der Waals surface area contributed by atoms with Crippen molar-refractivity contribution in [2.75, 3.05) is 17.7 Å². The Kier molecular flexibility index (Phi) is 4.70. The van der Waals surface area contributed by atoms with Crippen molar-refractivity contribution < 1.29 is 9.18 Å². The lowest BCUT2D eigenvalue weighted by molar-refractivity contribution is 0.251. The first-order valence-corrected chi connectivity index (χ1v) is 9.43. The van der Waals surface area contributed by atoms with Crippen LogP contribution in [0.5, 0.6) is 0 Å². The molecule has 29 heavy (non-hydrogen) atoms. The minimum Gasteiger partial charge on any atom is -0.373 e. The van der Waals surface area contributed by atoms with E-state index in [-0.39, 0.29) is 17.3 Å². The van der Waals surface area contributed by atoms with Gasteiger partial charge in [-0.1, -0.05) is 0 Å². The second-order valence-electron chi connectivity index (χ2n) is 7.32. The first kappa shape index (κ1) is 18.9. The zero-order chi connectivity index (χ0) is 20.7. The third-order valence-electron chi connectivity index (χ3n) is 5.13. The molecule has 0 saturated heterocycles. The number of hydrogen-bond acceptors (Lipinski definition) is 4. The van der Waals surface area contributed by atoms with Gasteiger partial charge >= 0.3 is 6.03 Å². The van der Waals surface area contributed by atoms with Crippen LogP contribution < -0.4 is 21.5 Å². The van der Waals surface area contributed by atoms with Crippen molar-refractivity contribution in [3.05, 3.63) is 52.2 Å². The third-order valence-corrected chi connectivity index (χ3v) is 5.13. The van der Waals surface area contributed by atoms with E-state index in [0.717, 1.165) is 23.7 Å². The number of aryl methyl sites for hydroxylation is 2. The van der Waals surface area contributed by atoms with Crippen molar-refractivity contribution in [2.24, 2.45) is 7.05 Å². The van der Waals surface area contributed by atoms with Gasteiger partial charge in [-0.15, -0.1) is 0 Å². The Bertz CT molecular complexity index is 1180. The topological polar surface area (TPSA) is 88.1 Å². The summed E-state index contributed by atoms with van der Waals surface area (Å²) in [5.74, 6) is 0.113. The van der Waals surface area contributed by atoms with Gasteiger partial charge in [0.15, 0.2) is 0 Å². The summed E-state index contributed by atoms with van der Waals surface area (Å²) in [6, 6.07) is 6.09. The van der Waals surface area contributed by atoms with Crippen LogP contribution in [0.3, 0.4) is 0 Å². The van der Waals surface area contributed by atoms with Gasteiger partial charge in [0, 0.05) is 43.4 Å². The Morgan fingerprint density at radius 2 is 1.97 bits per heavy atom. The van der Waals surface area contributed by atoms with Gasteiger partial charge < -0.3 is 20.5 Å². The molecule has 0 atom stereocenters. The van der Waals surface area contributed by atoms with Crippen LogP contribution >= 0.6 is 0 Å². The molecular weight excluding hydrogens is 373 g/mol. The van der Waals surface area contributed by atoms with Gasteiger partial charge in [0.05, 0.1) is 11.2 Å². The number of benzene rings is 1. The number of anilines is 2. The van der Waals surface area contributed by atoms with Crippen LogP contribution in [0, 0.1) is 12.7 Å². The second-order valence-corrected chi connectivity index (χ2v) is 7.32. The Hall–Kier alpha value is -3.42. The number of carbonyl (C=O) groups is 1. The lowest BCUT2D eigenvalue weighted by Gasteiger charge is -2.14. The highest BCUT2D eigenvalue weighted by atomic mass is 19.1. The summed E-state index contributed by atoms with van der Waals surface area (Å²) >= 11 is 0. The average molecular weight is 395 g/mol. The predicted octanol–water partition coefficient (Wildman–Crippen LogP) is 3.37. The van der Waals surface area contributed by atoms with Crippen LogP contribution in [0.2, 0.25) is 0 Å². The molecule has 3 aromatic rings. The molecule has 0 aliphatic heterocycles. The number of amides is 2. The first-order chi connectivity index (χ1) is 13.9. The van der Waals surface area contributed by atoms with Gasteiger partial charge in [-0.05, 0) is 49.1 Å². The van der Waals surface area contributed by atoms with Crippen LogP contribution in [0.25, 0.3) is 22.0 Å². The molecule has 150 valence electrons. The van der Waals surface area contributed by atoms with Crippen LogP contribution in [0.15, 0.2) is 35.3 Å². The molecule has 0 radical (unpaired) electrons. The average Bonchev–Trinajstić information content (AvgIpc) is 3.50. The quantitative estimate of drug-likeness (QED) is 0.632. The number of aromatic nitrogens is 2. The van der Waals surface area contributed by atoms with Crippen LogP contribution in [-0.4, -0.2) is 28.7 Å². The fourth-order valence-electron chi connectivity index (χ4n) is 3.32.